The third-order valence-electron chi connectivity index (χ3n) is 3.17. The van der Waals surface area contributed by atoms with Crippen molar-refractivity contribution in [1.29, 1.82) is 0 Å². The maximum absolute atomic E-state index is 11.0. The molecule has 22 heavy (non-hydrogen) atoms. The largest absolute Gasteiger partial charge is 0.366 e. The third-order valence-corrected chi connectivity index (χ3v) is 4.18. The van der Waals surface area contributed by atoms with Crippen LogP contribution in [0.5, 0.6) is 0 Å². The molecule has 1 heterocycles. The molecule has 4 N–H and O–H groups in total. The van der Waals surface area contributed by atoms with Gasteiger partial charge in [0.05, 0.1) is 6.54 Å². The number of hydrogen-bond acceptors (Lipinski definition) is 5. The number of carbonyl (C=O) groups is 1. The predicted octanol–water partition coefficient (Wildman–Crippen LogP) is 2.31. The minimum Gasteiger partial charge on any atom is -0.366 e. The van der Waals surface area contributed by atoms with Crippen molar-refractivity contribution in [2.24, 2.45) is 10.7 Å². The first-order valence-corrected chi connectivity index (χ1v) is 7.75. The van der Waals surface area contributed by atoms with Crippen LogP contribution in [0.2, 0.25) is 0 Å². The number of amides is 1. The SMILES string of the molecule is NC(=O)c1ccc(Sc2ccc(NC3=NCCN3)cc2)cc1. The third kappa shape index (κ3) is 3.59. The molecule has 3 rings (SSSR count). The summed E-state index contributed by atoms with van der Waals surface area (Å²) >= 11 is 1.63. The summed E-state index contributed by atoms with van der Waals surface area (Å²) in [7, 11) is 0. The van der Waals surface area contributed by atoms with Gasteiger partial charge in [0.1, 0.15) is 0 Å². The van der Waals surface area contributed by atoms with Gasteiger partial charge in [-0.1, -0.05) is 11.8 Å². The quantitative estimate of drug-likeness (QED) is 0.809. The Balaban J connectivity index is 1.64. The van der Waals surface area contributed by atoms with Gasteiger partial charge < -0.3 is 16.4 Å². The number of aliphatic imine (C=N–C) groups is 1. The fourth-order valence-corrected chi connectivity index (χ4v) is 2.86. The molecule has 0 unspecified atom stereocenters. The number of carbonyl (C=O) groups excluding carboxylic acids is 1. The Hall–Kier alpha value is -2.47. The van der Waals surface area contributed by atoms with Crippen LogP contribution in [-0.2, 0) is 0 Å². The summed E-state index contributed by atoms with van der Waals surface area (Å²) in [6, 6.07) is 15.4. The van der Waals surface area contributed by atoms with Gasteiger partial charge in [0.25, 0.3) is 0 Å². The van der Waals surface area contributed by atoms with E-state index in [0.29, 0.717) is 5.56 Å². The Morgan fingerprint density at radius 1 is 1.09 bits per heavy atom. The van der Waals surface area contributed by atoms with E-state index in [-0.39, 0.29) is 0 Å². The number of anilines is 1. The van der Waals surface area contributed by atoms with E-state index >= 15 is 0 Å². The van der Waals surface area contributed by atoms with Gasteiger partial charge in [-0.15, -0.1) is 0 Å². The van der Waals surface area contributed by atoms with Crippen molar-refractivity contribution in [3.63, 3.8) is 0 Å². The van der Waals surface area contributed by atoms with Gasteiger partial charge in [0.2, 0.25) is 5.91 Å². The van der Waals surface area contributed by atoms with Crippen LogP contribution in [0.15, 0.2) is 63.3 Å². The molecule has 5 nitrogen and oxygen atoms in total. The summed E-state index contributed by atoms with van der Waals surface area (Å²) in [6.07, 6.45) is 0. The Labute approximate surface area is 133 Å². The summed E-state index contributed by atoms with van der Waals surface area (Å²) in [5, 5.41) is 6.40. The maximum atomic E-state index is 11.0. The second-order valence-electron chi connectivity index (χ2n) is 4.80. The highest BCUT2D eigenvalue weighted by molar-refractivity contribution is 7.99. The van der Waals surface area contributed by atoms with E-state index in [1.807, 2.05) is 36.4 Å². The van der Waals surface area contributed by atoms with Gasteiger partial charge >= 0.3 is 0 Å². The molecule has 0 saturated heterocycles. The first-order chi connectivity index (χ1) is 10.7. The van der Waals surface area contributed by atoms with Crippen LogP contribution in [0.4, 0.5) is 5.69 Å². The highest BCUT2D eigenvalue weighted by atomic mass is 32.2. The van der Waals surface area contributed by atoms with E-state index < -0.39 is 5.91 Å². The second-order valence-corrected chi connectivity index (χ2v) is 5.94. The van der Waals surface area contributed by atoms with Crippen LogP contribution in [0.3, 0.4) is 0 Å². The Bertz CT molecular complexity index is 695. The Kier molecular flexibility index (Phi) is 4.29. The van der Waals surface area contributed by atoms with E-state index in [1.165, 1.54) is 0 Å². The number of rotatable bonds is 4. The van der Waals surface area contributed by atoms with Gasteiger partial charge in [-0.3, -0.25) is 9.79 Å². The molecule has 0 aliphatic carbocycles. The zero-order valence-corrected chi connectivity index (χ0v) is 12.7. The fraction of sp³-hybridized carbons (Fsp3) is 0.125. The molecule has 0 spiro atoms. The van der Waals surface area contributed by atoms with E-state index in [1.54, 1.807) is 23.9 Å². The molecule has 0 bridgehead atoms. The molecule has 6 heteroatoms. The van der Waals surface area contributed by atoms with E-state index in [9.17, 15) is 4.79 Å². The maximum Gasteiger partial charge on any atom is 0.248 e. The van der Waals surface area contributed by atoms with Gasteiger partial charge in [0, 0.05) is 27.6 Å². The van der Waals surface area contributed by atoms with Crippen molar-refractivity contribution < 1.29 is 4.79 Å². The zero-order valence-electron chi connectivity index (χ0n) is 11.9. The predicted molar refractivity (Wildman–Crippen MR) is 89.5 cm³/mol. The average molecular weight is 312 g/mol. The lowest BCUT2D eigenvalue weighted by molar-refractivity contribution is 0.1000. The van der Waals surface area contributed by atoms with Crippen molar-refractivity contribution in [2.75, 3.05) is 18.4 Å². The van der Waals surface area contributed by atoms with Crippen LogP contribution in [0.25, 0.3) is 0 Å². The average Bonchev–Trinajstić information content (AvgIpc) is 3.03. The fourth-order valence-electron chi connectivity index (χ4n) is 2.05. The minimum atomic E-state index is -0.407. The molecular formula is C16H16N4OS. The van der Waals surface area contributed by atoms with Gasteiger partial charge in [-0.05, 0) is 48.5 Å². The molecule has 112 valence electrons. The number of nitrogens with zero attached hydrogens (tertiary/aromatic N) is 1. The zero-order chi connectivity index (χ0) is 15.4. The first kappa shape index (κ1) is 14.5. The molecule has 0 radical (unpaired) electrons. The lowest BCUT2D eigenvalue weighted by Crippen LogP contribution is -2.26. The molecule has 2 aromatic rings. The number of nitrogens with two attached hydrogens (primary N) is 1. The molecule has 1 aliphatic rings. The summed E-state index contributed by atoms with van der Waals surface area (Å²) in [4.78, 5) is 17.5. The minimum absolute atomic E-state index is 0.407. The van der Waals surface area contributed by atoms with Gasteiger partial charge in [-0.2, -0.15) is 0 Å². The lowest BCUT2D eigenvalue weighted by Gasteiger charge is -2.07. The number of guanidine groups is 1. The summed E-state index contributed by atoms with van der Waals surface area (Å²) < 4.78 is 0. The van der Waals surface area contributed by atoms with Crippen LogP contribution in [-0.4, -0.2) is 25.0 Å². The van der Waals surface area contributed by atoms with Crippen molar-refractivity contribution in [3.8, 4) is 0 Å². The molecule has 1 aliphatic heterocycles. The first-order valence-electron chi connectivity index (χ1n) is 6.94. The summed E-state index contributed by atoms with van der Waals surface area (Å²) in [6.45, 7) is 1.70. The number of nitrogens with one attached hydrogen (secondary N) is 2. The van der Waals surface area contributed by atoms with Crippen LogP contribution in [0, 0.1) is 0 Å². The molecule has 0 saturated carbocycles. The highest BCUT2D eigenvalue weighted by Crippen LogP contribution is 2.28. The lowest BCUT2D eigenvalue weighted by atomic mass is 10.2. The Morgan fingerprint density at radius 2 is 1.73 bits per heavy atom. The number of benzene rings is 2. The molecule has 0 aromatic heterocycles. The number of primary amides is 1. The monoisotopic (exact) mass is 312 g/mol. The van der Waals surface area contributed by atoms with E-state index in [2.05, 4.69) is 15.6 Å². The Morgan fingerprint density at radius 3 is 2.27 bits per heavy atom. The molecule has 0 fully saturated rings. The molecule has 2 aromatic carbocycles. The van der Waals surface area contributed by atoms with Gasteiger partial charge in [-0.25, -0.2) is 0 Å². The molecular weight excluding hydrogens is 296 g/mol. The van der Waals surface area contributed by atoms with Crippen molar-refractivity contribution in [3.05, 3.63) is 54.1 Å². The van der Waals surface area contributed by atoms with Crippen LogP contribution >= 0.6 is 11.8 Å². The van der Waals surface area contributed by atoms with E-state index in [0.717, 1.165) is 34.5 Å². The van der Waals surface area contributed by atoms with Crippen molar-refractivity contribution >= 4 is 29.3 Å². The molecule has 1 amide bonds. The second kappa shape index (κ2) is 6.53. The summed E-state index contributed by atoms with van der Waals surface area (Å²) in [5.74, 6) is 0.415. The van der Waals surface area contributed by atoms with Gasteiger partial charge in [0.15, 0.2) is 5.96 Å². The standard InChI is InChI=1S/C16H16N4OS/c17-15(21)11-1-5-13(6-2-11)22-14-7-3-12(4-8-14)20-16-18-9-10-19-16/h1-8H,9-10H2,(H2,17,21)(H2,18,19,20). The molecule has 0 atom stereocenters. The normalized spacial score (nSPS) is 13.4. The summed E-state index contributed by atoms with van der Waals surface area (Å²) in [5.41, 5.74) is 6.76. The highest BCUT2D eigenvalue weighted by Gasteiger charge is 2.05. The van der Waals surface area contributed by atoms with Crippen molar-refractivity contribution in [2.45, 2.75) is 9.79 Å². The van der Waals surface area contributed by atoms with Crippen LogP contribution < -0.4 is 16.4 Å². The number of hydrogen-bond donors (Lipinski definition) is 3. The smallest absolute Gasteiger partial charge is 0.248 e. The topological polar surface area (TPSA) is 79.5 Å². The van der Waals surface area contributed by atoms with Crippen LogP contribution in [0.1, 0.15) is 10.4 Å². The van der Waals surface area contributed by atoms with Crippen molar-refractivity contribution in [1.82, 2.24) is 5.32 Å². The van der Waals surface area contributed by atoms with E-state index in [4.69, 9.17) is 5.73 Å².